The number of hydrogen-bond acceptors (Lipinski definition) is 4. The highest BCUT2D eigenvalue weighted by atomic mass is 16.5. The minimum Gasteiger partial charge on any atom is -0.494 e. The van der Waals surface area contributed by atoms with Crippen molar-refractivity contribution in [1.82, 2.24) is 0 Å². The minimum absolute atomic E-state index is 0.656. The monoisotopic (exact) mass is 506 g/mol. The predicted molar refractivity (Wildman–Crippen MR) is 158 cm³/mol. The van der Waals surface area contributed by atoms with E-state index >= 15 is 0 Å². The Kier molecular flexibility index (Phi) is 10.6. The Morgan fingerprint density at radius 1 is 0.447 bits per heavy atom. The molecule has 0 unspecified atom stereocenters. The van der Waals surface area contributed by atoms with Crippen molar-refractivity contribution in [3.8, 4) is 11.5 Å². The zero-order valence-electron chi connectivity index (χ0n) is 22.0. The molecule has 0 aliphatic rings. The van der Waals surface area contributed by atoms with Crippen LogP contribution in [0.15, 0.2) is 109 Å². The number of benzene rings is 4. The van der Waals surface area contributed by atoms with Gasteiger partial charge in [-0.2, -0.15) is 0 Å². The molecule has 0 fully saturated rings. The van der Waals surface area contributed by atoms with Crippen LogP contribution in [0.4, 0.5) is 0 Å². The third-order valence-electron chi connectivity index (χ3n) is 6.38. The third kappa shape index (κ3) is 7.58. The zero-order valence-corrected chi connectivity index (χ0v) is 22.0. The van der Waals surface area contributed by atoms with E-state index < -0.39 is 0 Å². The van der Waals surface area contributed by atoms with Gasteiger partial charge < -0.3 is 20.9 Å². The summed E-state index contributed by atoms with van der Waals surface area (Å²) in [5, 5.41) is 0. The minimum atomic E-state index is 0.656. The van der Waals surface area contributed by atoms with Crippen molar-refractivity contribution in [2.45, 2.75) is 25.7 Å². The fourth-order valence-electron chi connectivity index (χ4n) is 4.45. The second kappa shape index (κ2) is 14.8. The van der Waals surface area contributed by atoms with Gasteiger partial charge in [-0.05, 0) is 96.4 Å². The highest BCUT2D eigenvalue weighted by Crippen LogP contribution is 2.38. The van der Waals surface area contributed by atoms with Gasteiger partial charge in [0.15, 0.2) is 0 Å². The molecule has 4 aromatic carbocycles. The molecule has 0 bridgehead atoms. The molecule has 196 valence electrons. The number of unbranched alkanes of at least 4 members (excludes halogenated alkanes) is 2. The summed E-state index contributed by atoms with van der Waals surface area (Å²) in [6.45, 7) is 2.70. The molecule has 4 heteroatoms. The molecule has 0 radical (unpaired) electrons. The molecule has 4 nitrogen and oxygen atoms in total. The lowest BCUT2D eigenvalue weighted by molar-refractivity contribution is 0.307. The molecule has 0 saturated carbocycles. The molecule has 0 spiro atoms. The fourth-order valence-corrected chi connectivity index (χ4v) is 4.45. The van der Waals surface area contributed by atoms with Gasteiger partial charge in [-0.15, -0.1) is 0 Å². The molecule has 4 N–H and O–H groups in total. The summed E-state index contributed by atoms with van der Waals surface area (Å²) in [6, 6.07) is 37.9. The number of rotatable bonds is 14. The van der Waals surface area contributed by atoms with Crippen molar-refractivity contribution >= 4 is 11.1 Å². The lowest BCUT2D eigenvalue weighted by atomic mass is 9.86. The van der Waals surface area contributed by atoms with Crippen LogP contribution in [0.25, 0.3) is 11.1 Å². The Morgan fingerprint density at radius 3 is 1.47 bits per heavy atom. The molecule has 0 amide bonds. The molecule has 0 aliphatic carbocycles. The van der Waals surface area contributed by atoms with Gasteiger partial charge in [-0.1, -0.05) is 84.9 Å². The highest BCUT2D eigenvalue weighted by Gasteiger charge is 2.17. The lowest BCUT2D eigenvalue weighted by Gasteiger charge is -2.19. The second-order valence-electron chi connectivity index (χ2n) is 9.22. The standard InChI is InChI=1S/C34H38N2O2/c35-22-7-9-24-37-31-20-18-29(19-21-31)33(27-12-3-1-4-13-27)34(28-14-5-2-6-15-28)30-16-11-17-32(26-30)38-25-10-8-23-36/h1-6,11-21,26H,7-10,22-25,35-36H2/b34-33+. The van der Waals surface area contributed by atoms with Crippen LogP contribution >= 0.6 is 0 Å². The molecule has 4 rings (SSSR count). The summed E-state index contributed by atoms with van der Waals surface area (Å²) < 4.78 is 12.0. The van der Waals surface area contributed by atoms with Crippen LogP contribution in [-0.2, 0) is 0 Å². The first kappa shape index (κ1) is 27.2. The van der Waals surface area contributed by atoms with Gasteiger partial charge in [0.05, 0.1) is 13.2 Å². The maximum atomic E-state index is 6.09. The van der Waals surface area contributed by atoms with Gasteiger partial charge in [-0.25, -0.2) is 0 Å². The van der Waals surface area contributed by atoms with Crippen LogP contribution in [0, 0.1) is 0 Å². The lowest BCUT2D eigenvalue weighted by Crippen LogP contribution is -2.04. The Balaban J connectivity index is 1.80. The predicted octanol–water partition coefficient (Wildman–Crippen LogP) is 6.93. The molecule has 4 aromatic rings. The number of nitrogens with two attached hydrogens (primary N) is 2. The first-order valence-corrected chi connectivity index (χ1v) is 13.5. The van der Waals surface area contributed by atoms with Crippen LogP contribution in [0.1, 0.15) is 47.9 Å². The molecule has 0 aromatic heterocycles. The molecular weight excluding hydrogens is 468 g/mol. The second-order valence-corrected chi connectivity index (χ2v) is 9.22. The zero-order chi connectivity index (χ0) is 26.4. The first-order valence-electron chi connectivity index (χ1n) is 13.5. The average molecular weight is 507 g/mol. The number of ether oxygens (including phenoxy) is 2. The smallest absolute Gasteiger partial charge is 0.119 e. The summed E-state index contributed by atoms with van der Waals surface area (Å²) in [5.74, 6) is 1.73. The number of hydrogen-bond donors (Lipinski definition) is 2. The quantitative estimate of drug-likeness (QED) is 0.144. The van der Waals surface area contributed by atoms with Gasteiger partial charge in [0, 0.05) is 0 Å². The van der Waals surface area contributed by atoms with Crippen molar-refractivity contribution in [1.29, 1.82) is 0 Å². The van der Waals surface area contributed by atoms with E-state index in [2.05, 4.69) is 103 Å². The SMILES string of the molecule is NCCCCOc1ccc(/C(=C(\c2ccccc2)c2cccc(OCCCCN)c2)c2ccccc2)cc1. The van der Waals surface area contributed by atoms with Crippen molar-refractivity contribution in [3.05, 3.63) is 131 Å². The van der Waals surface area contributed by atoms with Crippen LogP contribution in [0.5, 0.6) is 11.5 Å². The topological polar surface area (TPSA) is 70.5 Å². The summed E-state index contributed by atoms with van der Waals surface area (Å²) in [6.07, 6.45) is 3.82. The molecule has 0 aliphatic heterocycles. The fraction of sp³-hybridized carbons (Fsp3) is 0.235. The normalized spacial score (nSPS) is 11.6. The summed E-state index contributed by atoms with van der Waals surface area (Å²) >= 11 is 0. The molecule has 38 heavy (non-hydrogen) atoms. The summed E-state index contributed by atoms with van der Waals surface area (Å²) in [4.78, 5) is 0. The Morgan fingerprint density at radius 2 is 0.921 bits per heavy atom. The van der Waals surface area contributed by atoms with Crippen LogP contribution < -0.4 is 20.9 Å². The van der Waals surface area contributed by atoms with E-state index in [-0.39, 0.29) is 0 Å². The van der Waals surface area contributed by atoms with Gasteiger partial charge in [-0.3, -0.25) is 0 Å². The van der Waals surface area contributed by atoms with Gasteiger partial charge in [0.1, 0.15) is 11.5 Å². The van der Waals surface area contributed by atoms with E-state index in [4.69, 9.17) is 20.9 Å². The van der Waals surface area contributed by atoms with E-state index in [0.29, 0.717) is 26.3 Å². The summed E-state index contributed by atoms with van der Waals surface area (Å²) in [7, 11) is 0. The van der Waals surface area contributed by atoms with Crippen molar-refractivity contribution < 1.29 is 9.47 Å². The largest absolute Gasteiger partial charge is 0.494 e. The molecular formula is C34H38N2O2. The van der Waals surface area contributed by atoms with E-state index in [1.807, 2.05) is 6.07 Å². The Bertz CT molecular complexity index is 1270. The van der Waals surface area contributed by atoms with Gasteiger partial charge >= 0.3 is 0 Å². The molecule has 0 atom stereocenters. The van der Waals surface area contributed by atoms with Gasteiger partial charge in [0.25, 0.3) is 0 Å². The maximum absolute atomic E-state index is 6.09. The maximum Gasteiger partial charge on any atom is 0.119 e. The highest BCUT2D eigenvalue weighted by molar-refractivity contribution is 6.04. The summed E-state index contributed by atoms with van der Waals surface area (Å²) in [5.41, 5.74) is 18.1. The van der Waals surface area contributed by atoms with Gasteiger partial charge in [0.2, 0.25) is 0 Å². The molecule has 0 saturated heterocycles. The average Bonchev–Trinajstić information content (AvgIpc) is 2.98. The van der Waals surface area contributed by atoms with Crippen molar-refractivity contribution in [2.24, 2.45) is 11.5 Å². The van der Waals surface area contributed by atoms with Crippen molar-refractivity contribution in [3.63, 3.8) is 0 Å². The van der Waals surface area contributed by atoms with Crippen LogP contribution in [0.3, 0.4) is 0 Å². The van der Waals surface area contributed by atoms with E-state index in [1.165, 1.54) is 0 Å². The van der Waals surface area contributed by atoms with E-state index in [9.17, 15) is 0 Å². The van der Waals surface area contributed by atoms with Crippen molar-refractivity contribution in [2.75, 3.05) is 26.3 Å². The third-order valence-corrected chi connectivity index (χ3v) is 6.38. The molecule has 0 heterocycles. The van der Waals surface area contributed by atoms with Crippen LogP contribution in [-0.4, -0.2) is 26.3 Å². The van der Waals surface area contributed by atoms with E-state index in [1.54, 1.807) is 0 Å². The van der Waals surface area contributed by atoms with E-state index in [0.717, 1.165) is 70.6 Å². The van der Waals surface area contributed by atoms with Crippen LogP contribution in [0.2, 0.25) is 0 Å². The Hall–Kier alpha value is -3.86. The Labute approximate surface area is 226 Å². The first-order chi connectivity index (χ1) is 18.8.